The van der Waals surface area contributed by atoms with Crippen molar-refractivity contribution in [2.45, 2.75) is 32.9 Å². The number of nitrogens with two attached hydrogens (primary N) is 1. The summed E-state index contributed by atoms with van der Waals surface area (Å²) in [6, 6.07) is 5.93. The van der Waals surface area contributed by atoms with Gasteiger partial charge in [0, 0.05) is 12.1 Å². The summed E-state index contributed by atoms with van der Waals surface area (Å²) in [4.78, 5) is 0. The topological polar surface area (TPSA) is 35.2 Å². The molecule has 2 N–H and O–H groups in total. The molecule has 0 saturated carbocycles. The smallest absolute Gasteiger partial charge is 0.138 e. The van der Waals surface area contributed by atoms with Crippen molar-refractivity contribution < 1.29 is 4.74 Å². The lowest BCUT2D eigenvalue weighted by Crippen LogP contribution is -2.12. The lowest BCUT2D eigenvalue weighted by molar-refractivity contribution is 0.214. The van der Waals surface area contributed by atoms with Gasteiger partial charge in [-0.05, 0) is 35.3 Å². The van der Waals surface area contributed by atoms with E-state index < -0.39 is 0 Å². The summed E-state index contributed by atoms with van der Waals surface area (Å²) in [5.74, 6) is 0.879. The van der Waals surface area contributed by atoms with Crippen molar-refractivity contribution in [2.24, 2.45) is 5.73 Å². The summed E-state index contributed by atoms with van der Waals surface area (Å²) in [5, 5.41) is 0. The first-order chi connectivity index (χ1) is 6.69. The van der Waals surface area contributed by atoms with Crippen LogP contribution in [-0.2, 0) is 6.54 Å². The van der Waals surface area contributed by atoms with Crippen LogP contribution in [0.2, 0.25) is 0 Å². The van der Waals surface area contributed by atoms with E-state index in [4.69, 9.17) is 10.5 Å². The molecule has 1 rings (SSSR count). The first-order valence-corrected chi connectivity index (χ1v) is 5.62. The zero-order valence-corrected chi connectivity index (χ0v) is 10.2. The molecule has 1 aromatic rings. The lowest BCUT2D eigenvalue weighted by Gasteiger charge is -2.16. The Morgan fingerprint density at radius 1 is 1.50 bits per heavy atom. The standard InChI is InChI=1S/C11H16BrNO/c1-3-8(2)14-11-9(7-13)5-4-6-10(11)12/h4-6,8H,3,7,13H2,1-2H3. The van der Waals surface area contributed by atoms with E-state index in [2.05, 4.69) is 29.8 Å². The maximum absolute atomic E-state index is 5.79. The summed E-state index contributed by atoms with van der Waals surface area (Å²) in [7, 11) is 0. The minimum Gasteiger partial charge on any atom is -0.489 e. The molecule has 2 nitrogen and oxygen atoms in total. The van der Waals surface area contributed by atoms with Crippen LogP contribution in [-0.4, -0.2) is 6.10 Å². The van der Waals surface area contributed by atoms with Gasteiger partial charge in [-0.15, -0.1) is 0 Å². The molecular weight excluding hydrogens is 242 g/mol. The number of ether oxygens (including phenoxy) is 1. The molecule has 0 aliphatic rings. The molecule has 14 heavy (non-hydrogen) atoms. The van der Waals surface area contributed by atoms with E-state index in [0.29, 0.717) is 6.54 Å². The zero-order chi connectivity index (χ0) is 10.6. The van der Waals surface area contributed by atoms with Gasteiger partial charge < -0.3 is 10.5 Å². The second-order valence-electron chi connectivity index (χ2n) is 3.27. The van der Waals surface area contributed by atoms with Crippen molar-refractivity contribution in [1.82, 2.24) is 0 Å². The Morgan fingerprint density at radius 2 is 2.21 bits per heavy atom. The molecule has 0 aliphatic carbocycles. The van der Waals surface area contributed by atoms with Crippen LogP contribution in [0.15, 0.2) is 22.7 Å². The van der Waals surface area contributed by atoms with Gasteiger partial charge in [-0.1, -0.05) is 19.1 Å². The Balaban J connectivity index is 2.92. The Labute approximate surface area is 93.6 Å². The molecule has 1 unspecified atom stereocenters. The third-order valence-corrected chi connectivity index (χ3v) is 2.79. The third kappa shape index (κ3) is 2.72. The fraction of sp³-hybridized carbons (Fsp3) is 0.455. The molecule has 0 aliphatic heterocycles. The van der Waals surface area contributed by atoms with E-state index in [-0.39, 0.29) is 6.10 Å². The van der Waals surface area contributed by atoms with Crippen LogP contribution in [0.1, 0.15) is 25.8 Å². The van der Waals surface area contributed by atoms with Crippen LogP contribution in [0, 0.1) is 0 Å². The molecule has 0 aromatic heterocycles. The van der Waals surface area contributed by atoms with Crippen LogP contribution < -0.4 is 10.5 Å². The van der Waals surface area contributed by atoms with Crippen LogP contribution in [0.3, 0.4) is 0 Å². The largest absolute Gasteiger partial charge is 0.489 e. The molecule has 78 valence electrons. The van der Waals surface area contributed by atoms with Gasteiger partial charge in [0.1, 0.15) is 5.75 Å². The maximum Gasteiger partial charge on any atom is 0.138 e. The lowest BCUT2D eigenvalue weighted by atomic mass is 10.2. The molecule has 0 bridgehead atoms. The Morgan fingerprint density at radius 3 is 2.79 bits per heavy atom. The molecule has 0 fully saturated rings. The highest BCUT2D eigenvalue weighted by Gasteiger charge is 2.09. The van der Waals surface area contributed by atoms with Crippen molar-refractivity contribution in [1.29, 1.82) is 0 Å². The first kappa shape index (κ1) is 11.5. The van der Waals surface area contributed by atoms with E-state index in [1.807, 2.05) is 18.2 Å². The molecule has 0 heterocycles. The SMILES string of the molecule is CCC(C)Oc1c(Br)cccc1CN. The minimum atomic E-state index is 0.221. The second kappa shape index (κ2) is 5.37. The van der Waals surface area contributed by atoms with Gasteiger partial charge >= 0.3 is 0 Å². The van der Waals surface area contributed by atoms with Crippen molar-refractivity contribution in [3.05, 3.63) is 28.2 Å². The predicted octanol–water partition coefficient (Wildman–Crippen LogP) is 3.09. The van der Waals surface area contributed by atoms with Crippen molar-refractivity contribution >= 4 is 15.9 Å². The van der Waals surface area contributed by atoms with E-state index >= 15 is 0 Å². The van der Waals surface area contributed by atoms with E-state index in [1.165, 1.54) is 0 Å². The van der Waals surface area contributed by atoms with Gasteiger partial charge in [0.25, 0.3) is 0 Å². The molecule has 1 aromatic carbocycles. The van der Waals surface area contributed by atoms with Gasteiger partial charge in [-0.25, -0.2) is 0 Å². The van der Waals surface area contributed by atoms with E-state index in [0.717, 1.165) is 22.2 Å². The monoisotopic (exact) mass is 257 g/mol. The number of hydrogen-bond acceptors (Lipinski definition) is 2. The molecule has 3 heteroatoms. The normalized spacial score (nSPS) is 12.6. The Kier molecular flexibility index (Phi) is 4.42. The fourth-order valence-corrected chi connectivity index (χ4v) is 1.63. The number of halogens is 1. The highest BCUT2D eigenvalue weighted by Crippen LogP contribution is 2.29. The quantitative estimate of drug-likeness (QED) is 0.900. The van der Waals surface area contributed by atoms with Gasteiger partial charge in [-0.3, -0.25) is 0 Å². The molecular formula is C11H16BrNO. The average Bonchev–Trinajstić information content (AvgIpc) is 2.20. The number of para-hydroxylation sites is 1. The van der Waals surface area contributed by atoms with Gasteiger partial charge in [0.15, 0.2) is 0 Å². The molecule has 0 saturated heterocycles. The average molecular weight is 258 g/mol. The van der Waals surface area contributed by atoms with Crippen molar-refractivity contribution in [3.8, 4) is 5.75 Å². The molecule has 0 radical (unpaired) electrons. The number of rotatable bonds is 4. The predicted molar refractivity (Wildman–Crippen MR) is 62.4 cm³/mol. The summed E-state index contributed by atoms with van der Waals surface area (Å²) in [5.41, 5.74) is 6.68. The first-order valence-electron chi connectivity index (χ1n) is 4.83. The van der Waals surface area contributed by atoms with Crippen molar-refractivity contribution in [3.63, 3.8) is 0 Å². The van der Waals surface area contributed by atoms with E-state index in [9.17, 15) is 0 Å². The summed E-state index contributed by atoms with van der Waals surface area (Å²) in [6.45, 7) is 4.66. The van der Waals surface area contributed by atoms with Gasteiger partial charge in [0.2, 0.25) is 0 Å². The van der Waals surface area contributed by atoms with Gasteiger partial charge in [0.05, 0.1) is 10.6 Å². The Hall–Kier alpha value is -0.540. The number of benzene rings is 1. The van der Waals surface area contributed by atoms with Crippen molar-refractivity contribution in [2.75, 3.05) is 0 Å². The summed E-state index contributed by atoms with van der Waals surface area (Å²) >= 11 is 3.47. The van der Waals surface area contributed by atoms with Crippen LogP contribution in [0.5, 0.6) is 5.75 Å². The fourth-order valence-electron chi connectivity index (χ4n) is 1.13. The summed E-state index contributed by atoms with van der Waals surface area (Å²) in [6.07, 6.45) is 1.21. The van der Waals surface area contributed by atoms with Crippen LogP contribution in [0.4, 0.5) is 0 Å². The van der Waals surface area contributed by atoms with Crippen LogP contribution in [0.25, 0.3) is 0 Å². The maximum atomic E-state index is 5.79. The summed E-state index contributed by atoms with van der Waals surface area (Å²) < 4.78 is 6.76. The molecule has 0 amide bonds. The highest BCUT2D eigenvalue weighted by molar-refractivity contribution is 9.10. The van der Waals surface area contributed by atoms with Crippen LogP contribution >= 0.6 is 15.9 Å². The third-order valence-electron chi connectivity index (χ3n) is 2.16. The molecule has 0 spiro atoms. The second-order valence-corrected chi connectivity index (χ2v) is 4.12. The zero-order valence-electron chi connectivity index (χ0n) is 8.59. The highest BCUT2D eigenvalue weighted by atomic mass is 79.9. The number of hydrogen-bond donors (Lipinski definition) is 1. The van der Waals surface area contributed by atoms with Gasteiger partial charge in [-0.2, -0.15) is 0 Å². The minimum absolute atomic E-state index is 0.221. The molecule has 1 atom stereocenters. The van der Waals surface area contributed by atoms with E-state index in [1.54, 1.807) is 0 Å². The Bertz CT molecular complexity index is 301.